The predicted molar refractivity (Wildman–Crippen MR) is 64.3 cm³/mol. The average molecular weight is 236 g/mol. The maximum atomic E-state index is 5.64. The van der Waals surface area contributed by atoms with Gasteiger partial charge < -0.3 is 14.0 Å². The van der Waals surface area contributed by atoms with Crippen LogP contribution >= 0.6 is 0 Å². The van der Waals surface area contributed by atoms with Crippen molar-refractivity contribution in [3.05, 3.63) is 12.4 Å². The van der Waals surface area contributed by atoms with Gasteiger partial charge in [-0.25, -0.2) is 4.98 Å². The van der Waals surface area contributed by atoms with Crippen molar-refractivity contribution >= 4 is 12.7 Å². The van der Waals surface area contributed by atoms with Crippen LogP contribution in [0.5, 0.6) is 5.88 Å². The number of aromatic nitrogens is 2. The van der Waals surface area contributed by atoms with Gasteiger partial charge >= 0.3 is 7.12 Å². The third-order valence-corrected chi connectivity index (χ3v) is 2.57. The molecular weight excluding hydrogens is 219 g/mol. The molecule has 1 aliphatic rings. The summed E-state index contributed by atoms with van der Waals surface area (Å²) >= 11 is 0. The van der Waals surface area contributed by atoms with E-state index in [1.807, 2.05) is 27.7 Å². The monoisotopic (exact) mass is 236 g/mol. The lowest BCUT2D eigenvalue weighted by molar-refractivity contribution is 0.187. The molecule has 1 fully saturated rings. The van der Waals surface area contributed by atoms with Crippen LogP contribution in [0.1, 0.15) is 27.7 Å². The first-order valence-electron chi connectivity index (χ1n) is 5.86. The third-order valence-electron chi connectivity index (χ3n) is 2.57. The van der Waals surface area contributed by atoms with E-state index < -0.39 is 7.12 Å². The summed E-state index contributed by atoms with van der Waals surface area (Å²) in [5.74, 6) is 0.497. The van der Waals surface area contributed by atoms with Crippen molar-refractivity contribution in [1.82, 2.24) is 9.97 Å². The van der Waals surface area contributed by atoms with Gasteiger partial charge in [0, 0.05) is 6.20 Å². The highest BCUT2D eigenvalue weighted by atomic mass is 16.7. The van der Waals surface area contributed by atoms with Crippen LogP contribution in [0.25, 0.3) is 0 Å². The number of hydrogen-bond donors (Lipinski definition) is 0. The molecule has 2 rings (SSSR count). The Morgan fingerprint density at radius 2 is 1.88 bits per heavy atom. The summed E-state index contributed by atoms with van der Waals surface area (Å²) in [6, 6.07) is 0. The van der Waals surface area contributed by atoms with Gasteiger partial charge in [0.1, 0.15) is 0 Å². The zero-order valence-corrected chi connectivity index (χ0v) is 10.6. The van der Waals surface area contributed by atoms with Crippen LogP contribution in [0.4, 0.5) is 0 Å². The smallest absolute Gasteiger partial charge is 0.474 e. The van der Waals surface area contributed by atoms with Gasteiger partial charge in [-0.15, -0.1) is 0 Å². The fraction of sp³-hybridized carbons (Fsp3) is 0.636. The second-order valence-electron chi connectivity index (χ2n) is 4.46. The minimum absolute atomic E-state index is 0.0662. The van der Waals surface area contributed by atoms with Crippen LogP contribution in [0, 0.1) is 0 Å². The van der Waals surface area contributed by atoms with E-state index in [9.17, 15) is 0 Å². The summed E-state index contributed by atoms with van der Waals surface area (Å²) in [7, 11) is -0.441. The summed E-state index contributed by atoms with van der Waals surface area (Å²) in [6.45, 7) is 7.85. The van der Waals surface area contributed by atoms with Gasteiger partial charge in [0.15, 0.2) is 0 Å². The molecule has 0 amide bonds. The number of nitrogens with zero attached hydrogens (tertiary/aromatic N) is 2. The molecule has 1 aliphatic heterocycles. The molecule has 0 radical (unpaired) electrons. The summed E-state index contributed by atoms with van der Waals surface area (Å²) in [5.41, 5.74) is 0.652. The fourth-order valence-corrected chi connectivity index (χ4v) is 1.56. The van der Waals surface area contributed by atoms with Crippen LogP contribution in [0.3, 0.4) is 0 Å². The normalized spacial score (nSPS) is 24.4. The Kier molecular flexibility index (Phi) is 3.64. The van der Waals surface area contributed by atoms with Crippen LogP contribution in [-0.4, -0.2) is 35.4 Å². The lowest BCUT2D eigenvalue weighted by Crippen LogP contribution is -2.35. The Bertz CT molecular complexity index is 379. The predicted octanol–water partition coefficient (Wildman–Crippen LogP) is 0.783. The van der Waals surface area contributed by atoms with Crippen molar-refractivity contribution in [1.29, 1.82) is 0 Å². The van der Waals surface area contributed by atoms with E-state index in [1.165, 1.54) is 0 Å². The minimum atomic E-state index is -0.441. The minimum Gasteiger partial charge on any atom is -0.474 e. The van der Waals surface area contributed by atoms with Crippen molar-refractivity contribution in [2.75, 3.05) is 0 Å². The standard InChI is InChI=1S/C11H17BN2O3/c1-7(2)15-11-6-13-5-10(14-11)12-16-8(3)9(4)17-12/h5-9H,1-4H3. The number of ether oxygens (including phenoxy) is 1. The second-order valence-corrected chi connectivity index (χ2v) is 4.46. The molecule has 0 bridgehead atoms. The molecule has 17 heavy (non-hydrogen) atoms. The Balaban J connectivity index is 2.11. The number of rotatable bonds is 3. The summed E-state index contributed by atoms with van der Waals surface area (Å²) < 4.78 is 16.8. The summed E-state index contributed by atoms with van der Waals surface area (Å²) in [6.07, 6.45) is 3.43. The maximum absolute atomic E-state index is 5.64. The molecule has 0 N–H and O–H groups in total. The zero-order chi connectivity index (χ0) is 12.4. The van der Waals surface area contributed by atoms with E-state index in [1.54, 1.807) is 12.4 Å². The molecule has 0 saturated carbocycles. The van der Waals surface area contributed by atoms with E-state index >= 15 is 0 Å². The fourth-order valence-electron chi connectivity index (χ4n) is 1.56. The van der Waals surface area contributed by atoms with Crippen LogP contribution in [0.2, 0.25) is 0 Å². The van der Waals surface area contributed by atoms with Crippen molar-refractivity contribution in [2.24, 2.45) is 0 Å². The molecule has 2 heterocycles. The molecule has 2 unspecified atom stereocenters. The zero-order valence-electron chi connectivity index (χ0n) is 10.6. The van der Waals surface area contributed by atoms with Gasteiger partial charge in [-0.3, -0.25) is 4.98 Å². The molecule has 1 saturated heterocycles. The van der Waals surface area contributed by atoms with Gasteiger partial charge in [0.05, 0.1) is 30.1 Å². The van der Waals surface area contributed by atoms with Gasteiger partial charge in [-0.1, -0.05) is 0 Å². The lowest BCUT2D eigenvalue weighted by atomic mass is 9.86. The molecule has 2 atom stereocenters. The van der Waals surface area contributed by atoms with Crippen LogP contribution in [0.15, 0.2) is 12.4 Å². The Morgan fingerprint density at radius 1 is 1.24 bits per heavy atom. The average Bonchev–Trinajstić information content (AvgIpc) is 2.59. The molecular formula is C11H17BN2O3. The first kappa shape index (κ1) is 12.3. The molecule has 1 aromatic heterocycles. The van der Waals surface area contributed by atoms with Crippen LogP contribution < -0.4 is 10.3 Å². The van der Waals surface area contributed by atoms with Crippen molar-refractivity contribution in [2.45, 2.75) is 46.0 Å². The van der Waals surface area contributed by atoms with E-state index in [0.29, 0.717) is 11.5 Å². The lowest BCUT2D eigenvalue weighted by Gasteiger charge is -2.10. The first-order chi connectivity index (χ1) is 8.06. The molecule has 0 spiro atoms. The molecule has 5 nitrogen and oxygen atoms in total. The van der Waals surface area contributed by atoms with Gasteiger partial charge in [0.2, 0.25) is 5.88 Å². The van der Waals surface area contributed by atoms with E-state index in [4.69, 9.17) is 14.0 Å². The largest absolute Gasteiger partial charge is 0.515 e. The Labute approximate surface area is 102 Å². The molecule has 1 aromatic rings. The molecule has 0 aromatic carbocycles. The third kappa shape index (κ3) is 2.95. The molecule has 92 valence electrons. The van der Waals surface area contributed by atoms with E-state index in [-0.39, 0.29) is 18.3 Å². The van der Waals surface area contributed by atoms with Gasteiger partial charge in [0.25, 0.3) is 0 Å². The highest BCUT2D eigenvalue weighted by Crippen LogP contribution is 2.15. The Hall–Kier alpha value is -1.14. The number of hydrogen-bond acceptors (Lipinski definition) is 5. The molecule has 6 heteroatoms. The maximum Gasteiger partial charge on any atom is 0.515 e. The van der Waals surface area contributed by atoms with Gasteiger partial charge in [-0.2, -0.15) is 0 Å². The van der Waals surface area contributed by atoms with E-state index in [2.05, 4.69) is 9.97 Å². The SMILES string of the molecule is CC(C)Oc1cncc(B2OC(C)C(C)O2)n1. The highest BCUT2D eigenvalue weighted by Gasteiger charge is 2.37. The molecule has 0 aliphatic carbocycles. The van der Waals surface area contributed by atoms with E-state index in [0.717, 1.165) is 0 Å². The highest BCUT2D eigenvalue weighted by molar-refractivity contribution is 6.60. The second kappa shape index (κ2) is 5.02. The Morgan fingerprint density at radius 3 is 2.47 bits per heavy atom. The summed E-state index contributed by atoms with van der Waals surface area (Å²) in [5, 5.41) is 0. The van der Waals surface area contributed by atoms with Gasteiger partial charge in [-0.05, 0) is 27.7 Å². The van der Waals surface area contributed by atoms with Crippen molar-refractivity contribution < 1.29 is 14.0 Å². The van der Waals surface area contributed by atoms with Crippen LogP contribution in [-0.2, 0) is 9.31 Å². The topological polar surface area (TPSA) is 53.5 Å². The quantitative estimate of drug-likeness (QED) is 0.726. The van der Waals surface area contributed by atoms with Crippen molar-refractivity contribution in [3.63, 3.8) is 0 Å². The van der Waals surface area contributed by atoms with Crippen molar-refractivity contribution in [3.8, 4) is 5.88 Å². The summed E-state index contributed by atoms with van der Waals surface area (Å²) in [4.78, 5) is 8.41. The first-order valence-corrected chi connectivity index (χ1v) is 5.86.